The van der Waals surface area contributed by atoms with Crippen LogP contribution >= 0.6 is 0 Å². The molecule has 0 radical (unpaired) electrons. The second-order valence-corrected chi connectivity index (χ2v) is 4.39. The fourth-order valence-electron chi connectivity index (χ4n) is 1.82. The minimum Gasteiger partial charge on any atom is -0.393 e. The molecule has 0 unspecified atom stereocenters. The second kappa shape index (κ2) is 5.56. The van der Waals surface area contributed by atoms with Crippen LogP contribution in [0.4, 0.5) is 23.0 Å². The van der Waals surface area contributed by atoms with E-state index in [-0.39, 0.29) is 0 Å². The van der Waals surface area contributed by atoms with Crippen LogP contribution in [0.25, 0.3) is 0 Å². The lowest BCUT2D eigenvalue weighted by Crippen LogP contribution is -2.08. The van der Waals surface area contributed by atoms with Crippen molar-refractivity contribution in [1.82, 2.24) is 9.97 Å². The molecule has 19 heavy (non-hydrogen) atoms. The number of nitrogens with zero attached hydrogens (tertiary/aromatic N) is 2. The van der Waals surface area contributed by atoms with Gasteiger partial charge in [0.05, 0.1) is 0 Å². The highest BCUT2D eigenvalue weighted by molar-refractivity contribution is 5.78. The molecule has 0 amide bonds. The van der Waals surface area contributed by atoms with Gasteiger partial charge in [0.25, 0.3) is 0 Å². The zero-order valence-corrected chi connectivity index (χ0v) is 11.5. The average molecular weight is 257 g/mol. The van der Waals surface area contributed by atoms with Crippen molar-refractivity contribution in [3.05, 3.63) is 35.7 Å². The standard InChI is InChI=1S/C14H19N5/c1-4-16-13-12(15)14(18-8-17-13)19-11-7-5-6-9(2)10(11)3/h5-8H,4,15H2,1-3H3,(H2,16,17,18,19). The summed E-state index contributed by atoms with van der Waals surface area (Å²) in [4.78, 5) is 8.32. The fourth-order valence-corrected chi connectivity index (χ4v) is 1.82. The first kappa shape index (κ1) is 13.1. The SMILES string of the molecule is CCNc1ncnc(Nc2cccc(C)c2C)c1N. The van der Waals surface area contributed by atoms with E-state index in [9.17, 15) is 0 Å². The molecule has 5 nitrogen and oxygen atoms in total. The number of hydrogen-bond acceptors (Lipinski definition) is 5. The Morgan fingerprint density at radius 3 is 2.63 bits per heavy atom. The predicted octanol–water partition coefficient (Wildman–Crippen LogP) is 2.85. The molecular formula is C14H19N5. The monoisotopic (exact) mass is 257 g/mol. The molecule has 0 saturated carbocycles. The largest absolute Gasteiger partial charge is 0.393 e. The van der Waals surface area contributed by atoms with Crippen molar-refractivity contribution in [1.29, 1.82) is 0 Å². The molecule has 100 valence electrons. The smallest absolute Gasteiger partial charge is 0.159 e. The zero-order chi connectivity index (χ0) is 13.8. The maximum Gasteiger partial charge on any atom is 0.159 e. The van der Waals surface area contributed by atoms with Crippen molar-refractivity contribution in [3.8, 4) is 0 Å². The number of nitrogen functional groups attached to an aromatic ring is 1. The number of hydrogen-bond donors (Lipinski definition) is 3. The topological polar surface area (TPSA) is 75.9 Å². The van der Waals surface area contributed by atoms with Crippen LogP contribution in [0, 0.1) is 13.8 Å². The Morgan fingerprint density at radius 1 is 1.16 bits per heavy atom. The van der Waals surface area contributed by atoms with E-state index in [1.54, 1.807) is 0 Å². The summed E-state index contributed by atoms with van der Waals surface area (Å²) >= 11 is 0. The Balaban J connectivity index is 2.33. The van der Waals surface area contributed by atoms with Crippen LogP contribution in [0.3, 0.4) is 0 Å². The number of benzene rings is 1. The van der Waals surface area contributed by atoms with Crippen molar-refractivity contribution < 1.29 is 0 Å². The third-order valence-corrected chi connectivity index (χ3v) is 3.09. The normalized spacial score (nSPS) is 10.3. The van der Waals surface area contributed by atoms with Crippen molar-refractivity contribution in [3.63, 3.8) is 0 Å². The average Bonchev–Trinajstić information content (AvgIpc) is 2.40. The molecule has 0 spiro atoms. The van der Waals surface area contributed by atoms with Crippen molar-refractivity contribution in [2.24, 2.45) is 0 Å². The molecular weight excluding hydrogens is 238 g/mol. The molecule has 0 aliphatic carbocycles. The van der Waals surface area contributed by atoms with Crippen LogP contribution in [0.5, 0.6) is 0 Å². The van der Waals surface area contributed by atoms with Gasteiger partial charge >= 0.3 is 0 Å². The number of nitrogens with one attached hydrogen (secondary N) is 2. The molecule has 0 fully saturated rings. The highest BCUT2D eigenvalue weighted by Crippen LogP contribution is 2.27. The van der Waals surface area contributed by atoms with Crippen LogP contribution in [-0.2, 0) is 0 Å². The van der Waals surface area contributed by atoms with Crippen LogP contribution < -0.4 is 16.4 Å². The summed E-state index contributed by atoms with van der Waals surface area (Å²) in [7, 11) is 0. The first-order chi connectivity index (χ1) is 9.13. The molecule has 0 bridgehead atoms. The van der Waals surface area contributed by atoms with E-state index in [0.29, 0.717) is 17.3 Å². The van der Waals surface area contributed by atoms with Gasteiger partial charge in [-0.1, -0.05) is 12.1 Å². The van der Waals surface area contributed by atoms with Gasteiger partial charge in [0.1, 0.15) is 12.0 Å². The maximum absolute atomic E-state index is 6.06. The van der Waals surface area contributed by atoms with Gasteiger partial charge in [-0.3, -0.25) is 0 Å². The summed E-state index contributed by atoms with van der Waals surface area (Å²) < 4.78 is 0. The molecule has 5 heteroatoms. The van der Waals surface area contributed by atoms with E-state index >= 15 is 0 Å². The van der Waals surface area contributed by atoms with E-state index in [1.807, 2.05) is 19.1 Å². The molecule has 4 N–H and O–H groups in total. The lowest BCUT2D eigenvalue weighted by Gasteiger charge is -2.14. The molecule has 2 aromatic rings. The van der Waals surface area contributed by atoms with Gasteiger partial charge in [-0.25, -0.2) is 9.97 Å². The van der Waals surface area contributed by atoms with Crippen molar-refractivity contribution >= 4 is 23.0 Å². The van der Waals surface area contributed by atoms with Crippen LogP contribution in [0.15, 0.2) is 24.5 Å². The molecule has 1 aromatic carbocycles. The minimum absolute atomic E-state index is 0.533. The number of nitrogens with two attached hydrogens (primary N) is 1. The van der Waals surface area contributed by atoms with E-state index in [1.165, 1.54) is 17.5 Å². The first-order valence-electron chi connectivity index (χ1n) is 6.31. The molecule has 0 saturated heterocycles. The highest BCUT2D eigenvalue weighted by atomic mass is 15.1. The number of rotatable bonds is 4. The van der Waals surface area contributed by atoms with Gasteiger partial charge in [0, 0.05) is 12.2 Å². The number of aromatic nitrogens is 2. The van der Waals surface area contributed by atoms with E-state index in [4.69, 9.17) is 5.73 Å². The molecule has 1 heterocycles. The van der Waals surface area contributed by atoms with Crippen LogP contribution in [-0.4, -0.2) is 16.5 Å². The maximum atomic E-state index is 6.06. The molecule has 0 atom stereocenters. The Hall–Kier alpha value is -2.30. The van der Waals surface area contributed by atoms with Crippen molar-refractivity contribution in [2.75, 3.05) is 22.9 Å². The summed E-state index contributed by atoms with van der Waals surface area (Å²) in [6.07, 6.45) is 1.50. The third kappa shape index (κ3) is 2.76. The summed E-state index contributed by atoms with van der Waals surface area (Å²) in [6.45, 7) is 6.91. The van der Waals surface area contributed by atoms with Crippen LogP contribution in [0.2, 0.25) is 0 Å². The quantitative estimate of drug-likeness (QED) is 0.785. The number of aryl methyl sites for hydroxylation is 1. The van der Waals surface area contributed by atoms with Gasteiger partial charge in [-0.05, 0) is 38.0 Å². The zero-order valence-electron chi connectivity index (χ0n) is 11.5. The minimum atomic E-state index is 0.533. The van der Waals surface area contributed by atoms with Gasteiger partial charge in [-0.15, -0.1) is 0 Å². The molecule has 0 aliphatic rings. The molecule has 2 rings (SSSR count). The Morgan fingerprint density at radius 2 is 1.89 bits per heavy atom. The second-order valence-electron chi connectivity index (χ2n) is 4.39. The Bertz CT molecular complexity index is 580. The summed E-state index contributed by atoms with van der Waals surface area (Å²) in [5.74, 6) is 1.28. The first-order valence-corrected chi connectivity index (χ1v) is 6.31. The molecule has 0 aliphatic heterocycles. The van der Waals surface area contributed by atoms with Crippen molar-refractivity contribution in [2.45, 2.75) is 20.8 Å². The predicted molar refractivity (Wildman–Crippen MR) is 79.8 cm³/mol. The van der Waals surface area contributed by atoms with Crippen LogP contribution in [0.1, 0.15) is 18.1 Å². The lowest BCUT2D eigenvalue weighted by molar-refractivity contribution is 1.11. The summed E-state index contributed by atoms with van der Waals surface area (Å²) in [6, 6.07) is 6.10. The highest BCUT2D eigenvalue weighted by Gasteiger charge is 2.09. The van der Waals surface area contributed by atoms with E-state index in [2.05, 4.69) is 40.5 Å². The fraction of sp³-hybridized carbons (Fsp3) is 0.286. The lowest BCUT2D eigenvalue weighted by atomic mass is 10.1. The van der Waals surface area contributed by atoms with Gasteiger partial charge in [-0.2, -0.15) is 0 Å². The Labute approximate surface area is 113 Å². The molecule has 1 aromatic heterocycles. The van der Waals surface area contributed by atoms with Gasteiger partial charge in [0.2, 0.25) is 0 Å². The summed E-state index contributed by atoms with van der Waals surface area (Å²) in [5, 5.41) is 6.38. The third-order valence-electron chi connectivity index (χ3n) is 3.09. The Kier molecular flexibility index (Phi) is 3.85. The summed E-state index contributed by atoms with van der Waals surface area (Å²) in [5.41, 5.74) is 10.0. The van der Waals surface area contributed by atoms with Gasteiger partial charge in [0.15, 0.2) is 11.6 Å². The van der Waals surface area contributed by atoms with Gasteiger partial charge < -0.3 is 16.4 Å². The van der Waals surface area contributed by atoms with E-state index < -0.39 is 0 Å². The number of anilines is 4. The van der Waals surface area contributed by atoms with E-state index in [0.717, 1.165) is 12.2 Å².